The molecule has 2 aromatic rings. The van der Waals surface area contributed by atoms with Gasteiger partial charge in [0, 0.05) is 24.4 Å². The molecule has 1 atom stereocenters. The number of benzene rings is 1. The second kappa shape index (κ2) is 8.54. The van der Waals surface area contributed by atoms with Gasteiger partial charge in [0.25, 0.3) is 0 Å². The lowest BCUT2D eigenvalue weighted by Crippen LogP contribution is -2.43. The zero-order valence-electron chi connectivity index (χ0n) is 15.3. The largest absolute Gasteiger partial charge is 0.465 e. The van der Waals surface area contributed by atoms with E-state index in [-0.39, 0.29) is 16.8 Å². The minimum Gasteiger partial charge on any atom is -0.465 e. The van der Waals surface area contributed by atoms with Crippen molar-refractivity contribution >= 4 is 27.7 Å². The van der Waals surface area contributed by atoms with E-state index in [0.29, 0.717) is 18.0 Å². The van der Waals surface area contributed by atoms with Crippen LogP contribution in [0, 0.1) is 0 Å². The quantitative estimate of drug-likeness (QED) is 0.762. The Morgan fingerprint density at radius 1 is 1.26 bits per heavy atom. The molecule has 1 N–H and O–H groups in total. The highest BCUT2D eigenvalue weighted by molar-refractivity contribution is 7.89. The molecule has 0 unspecified atom stereocenters. The number of hydrogen-bond donors (Lipinski definition) is 1. The summed E-state index contributed by atoms with van der Waals surface area (Å²) in [4.78, 5) is 12.2. The summed E-state index contributed by atoms with van der Waals surface area (Å²) < 4.78 is 32.6. The molecule has 27 heavy (non-hydrogen) atoms. The number of sulfonamides is 1. The highest BCUT2D eigenvalue weighted by atomic mass is 32.2. The van der Waals surface area contributed by atoms with Crippen molar-refractivity contribution in [3.63, 3.8) is 0 Å². The molecule has 1 aliphatic rings. The first-order valence-electron chi connectivity index (χ1n) is 9.15. The molecular weight excluding hydrogens is 364 g/mol. The fourth-order valence-electron chi connectivity index (χ4n) is 3.27. The second-order valence-electron chi connectivity index (χ2n) is 6.54. The van der Waals surface area contributed by atoms with Crippen molar-refractivity contribution in [1.82, 2.24) is 4.31 Å². The van der Waals surface area contributed by atoms with Crippen LogP contribution >= 0.6 is 0 Å². The maximum Gasteiger partial charge on any atom is 0.248 e. The molecule has 1 amide bonds. The number of carbonyl (C=O) groups is 1. The van der Waals surface area contributed by atoms with Crippen LogP contribution in [0.5, 0.6) is 0 Å². The van der Waals surface area contributed by atoms with E-state index >= 15 is 0 Å². The number of nitrogens with zero attached hydrogens (tertiary/aromatic N) is 1. The minimum atomic E-state index is -3.51. The predicted octanol–water partition coefficient (Wildman–Crippen LogP) is 3.88. The molecule has 7 heteroatoms. The molecule has 2 heterocycles. The minimum absolute atomic E-state index is 0.0647. The molecule has 144 valence electrons. The van der Waals surface area contributed by atoms with Crippen LogP contribution < -0.4 is 5.32 Å². The van der Waals surface area contributed by atoms with Crippen LogP contribution in [0.4, 0.5) is 5.69 Å². The zero-order valence-corrected chi connectivity index (χ0v) is 16.1. The van der Waals surface area contributed by atoms with E-state index in [9.17, 15) is 13.2 Å². The summed E-state index contributed by atoms with van der Waals surface area (Å²) in [6, 6.07) is 9.85. The monoisotopic (exact) mass is 388 g/mol. The van der Waals surface area contributed by atoms with Crippen LogP contribution in [0.15, 0.2) is 58.1 Å². The van der Waals surface area contributed by atoms with E-state index in [1.54, 1.807) is 46.8 Å². The van der Waals surface area contributed by atoms with Crippen molar-refractivity contribution in [2.75, 3.05) is 11.9 Å². The van der Waals surface area contributed by atoms with Gasteiger partial charge < -0.3 is 9.73 Å². The molecule has 0 spiro atoms. The van der Waals surface area contributed by atoms with E-state index in [4.69, 9.17) is 4.42 Å². The maximum atomic E-state index is 12.9. The van der Waals surface area contributed by atoms with Gasteiger partial charge in [-0.25, -0.2) is 8.42 Å². The summed E-state index contributed by atoms with van der Waals surface area (Å²) in [6.07, 6.45) is 8.15. The topological polar surface area (TPSA) is 79.6 Å². The highest BCUT2D eigenvalue weighted by Gasteiger charge is 2.32. The third kappa shape index (κ3) is 4.67. The van der Waals surface area contributed by atoms with Crippen LogP contribution in [0.2, 0.25) is 0 Å². The second-order valence-corrected chi connectivity index (χ2v) is 8.43. The molecule has 0 radical (unpaired) electrons. The fourth-order valence-corrected chi connectivity index (χ4v) is 5.04. The molecule has 0 bridgehead atoms. The fraction of sp³-hybridized carbons (Fsp3) is 0.350. The van der Waals surface area contributed by atoms with Crippen molar-refractivity contribution in [2.24, 2.45) is 0 Å². The van der Waals surface area contributed by atoms with Gasteiger partial charge in [0.1, 0.15) is 5.76 Å². The number of amides is 1. The first-order valence-corrected chi connectivity index (χ1v) is 10.6. The SMILES string of the molecule is CC[C@H]1CCCCN1S(=O)(=O)c1ccc(NC(=O)/C=C/c2ccco2)cc1. The van der Waals surface area contributed by atoms with Crippen molar-refractivity contribution in [1.29, 1.82) is 0 Å². The lowest BCUT2D eigenvalue weighted by Gasteiger charge is -2.34. The number of carbonyl (C=O) groups excluding carboxylic acids is 1. The van der Waals surface area contributed by atoms with Crippen LogP contribution in [-0.4, -0.2) is 31.2 Å². The van der Waals surface area contributed by atoms with Crippen LogP contribution in [-0.2, 0) is 14.8 Å². The average Bonchev–Trinajstić information content (AvgIpc) is 3.20. The molecule has 6 nitrogen and oxygen atoms in total. The van der Waals surface area contributed by atoms with Crippen molar-refractivity contribution in [3.8, 4) is 0 Å². The molecule has 3 rings (SSSR count). The van der Waals surface area contributed by atoms with Gasteiger partial charge in [-0.05, 0) is 61.7 Å². The van der Waals surface area contributed by atoms with Gasteiger partial charge in [0.2, 0.25) is 15.9 Å². The van der Waals surface area contributed by atoms with E-state index in [1.807, 2.05) is 6.92 Å². The van der Waals surface area contributed by atoms with Crippen molar-refractivity contribution < 1.29 is 17.6 Å². The highest BCUT2D eigenvalue weighted by Crippen LogP contribution is 2.27. The number of hydrogen-bond acceptors (Lipinski definition) is 4. The lowest BCUT2D eigenvalue weighted by atomic mass is 10.0. The Morgan fingerprint density at radius 2 is 2.04 bits per heavy atom. The molecule has 1 fully saturated rings. The van der Waals surface area contributed by atoms with Gasteiger partial charge in [-0.15, -0.1) is 0 Å². The van der Waals surface area contributed by atoms with Gasteiger partial charge in [-0.3, -0.25) is 4.79 Å². The number of rotatable bonds is 6. The molecule has 1 aromatic carbocycles. The standard InChI is InChI=1S/C20H24N2O4S/c1-2-17-6-3-4-14-22(17)27(24,25)19-11-8-16(9-12-19)21-20(23)13-10-18-7-5-15-26-18/h5,7-13,15,17H,2-4,6,14H2,1H3,(H,21,23)/b13-10+/t17-/m0/s1. The van der Waals surface area contributed by atoms with Gasteiger partial charge in [-0.2, -0.15) is 4.31 Å². The summed E-state index contributed by atoms with van der Waals surface area (Å²) in [5, 5.41) is 2.71. The first-order chi connectivity index (χ1) is 13.0. The van der Waals surface area contributed by atoms with Crippen LogP contribution in [0.3, 0.4) is 0 Å². The van der Waals surface area contributed by atoms with E-state index in [2.05, 4.69) is 5.32 Å². The molecule has 0 aliphatic carbocycles. The first kappa shape index (κ1) is 19.4. The molecule has 0 saturated carbocycles. The Kier molecular flexibility index (Phi) is 6.13. The zero-order chi connectivity index (χ0) is 19.3. The summed E-state index contributed by atoms with van der Waals surface area (Å²) in [7, 11) is -3.51. The van der Waals surface area contributed by atoms with Gasteiger partial charge in [-0.1, -0.05) is 13.3 Å². The summed E-state index contributed by atoms with van der Waals surface area (Å²) >= 11 is 0. The average molecular weight is 388 g/mol. The number of anilines is 1. The summed E-state index contributed by atoms with van der Waals surface area (Å²) in [5.74, 6) is 0.266. The smallest absolute Gasteiger partial charge is 0.248 e. The Bertz CT molecular complexity index is 887. The van der Waals surface area contributed by atoms with Gasteiger partial charge in [0.15, 0.2) is 0 Å². The number of nitrogens with one attached hydrogen (secondary N) is 1. The van der Waals surface area contributed by atoms with E-state index < -0.39 is 10.0 Å². The molecule has 1 saturated heterocycles. The third-order valence-electron chi connectivity index (χ3n) is 4.71. The van der Waals surface area contributed by atoms with Gasteiger partial charge in [0.05, 0.1) is 11.2 Å². The Balaban J connectivity index is 1.68. The molecule has 1 aromatic heterocycles. The Morgan fingerprint density at radius 3 is 2.70 bits per heavy atom. The van der Waals surface area contributed by atoms with Gasteiger partial charge >= 0.3 is 0 Å². The van der Waals surface area contributed by atoms with Crippen LogP contribution in [0.25, 0.3) is 6.08 Å². The predicted molar refractivity (Wildman–Crippen MR) is 105 cm³/mol. The van der Waals surface area contributed by atoms with Crippen LogP contribution in [0.1, 0.15) is 38.4 Å². The van der Waals surface area contributed by atoms with E-state index in [0.717, 1.165) is 25.7 Å². The third-order valence-corrected chi connectivity index (χ3v) is 6.68. The Labute approximate surface area is 159 Å². The maximum absolute atomic E-state index is 12.9. The summed E-state index contributed by atoms with van der Waals surface area (Å²) in [6.45, 7) is 2.59. The van der Waals surface area contributed by atoms with Crippen molar-refractivity contribution in [3.05, 3.63) is 54.5 Å². The summed E-state index contributed by atoms with van der Waals surface area (Å²) in [5.41, 5.74) is 0.536. The number of furan rings is 1. The molecular formula is C20H24N2O4S. The van der Waals surface area contributed by atoms with Crippen molar-refractivity contribution in [2.45, 2.75) is 43.5 Å². The Hall–Kier alpha value is -2.38. The lowest BCUT2D eigenvalue weighted by molar-refractivity contribution is -0.111. The number of piperidine rings is 1. The van der Waals surface area contributed by atoms with E-state index in [1.165, 1.54) is 12.3 Å². The normalized spacial score (nSPS) is 18.6. The molecule has 1 aliphatic heterocycles.